The molecule has 2 saturated heterocycles. The molecule has 4 heterocycles. The first-order valence-electron chi connectivity index (χ1n) is 12.1. The summed E-state index contributed by atoms with van der Waals surface area (Å²) < 4.78 is 5.42. The Morgan fingerprint density at radius 1 is 0.909 bits per heavy atom. The molecular formula is C24H33N7OS. The smallest absolute Gasteiger partial charge is 0.232 e. The molecule has 3 aliphatic rings. The van der Waals surface area contributed by atoms with Gasteiger partial charge in [0.25, 0.3) is 0 Å². The van der Waals surface area contributed by atoms with Crippen LogP contribution in [0.25, 0.3) is 0 Å². The molecule has 1 aromatic heterocycles. The molecule has 2 fully saturated rings. The van der Waals surface area contributed by atoms with E-state index in [-0.39, 0.29) is 0 Å². The van der Waals surface area contributed by atoms with Gasteiger partial charge in [0.1, 0.15) is 11.6 Å². The number of thiocarbonyl (C=S) groups is 1. The van der Waals surface area contributed by atoms with Crippen molar-refractivity contribution in [3.63, 3.8) is 0 Å². The first-order valence-corrected chi connectivity index (χ1v) is 12.5. The maximum absolute atomic E-state index is 5.56. The lowest BCUT2D eigenvalue weighted by Gasteiger charge is -2.29. The minimum absolute atomic E-state index is 0.563. The quantitative estimate of drug-likeness (QED) is 0.624. The molecule has 176 valence electrons. The molecule has 2 aromatic rings. The molecule has 33 heavy (non-hydrogen) atoms. The van der Waals surface area contributed by atoms with Crippen LogP contribution >= 0.6 is 12.2 Å². The molecule has 1 aromatic carbocycles. The molecule has 3 aliphatic heterocycles. The Kier molecular flexibility index (Phi) is 7.18. The second kappa shape index (κ2) is 10.6. The summed E-state index contributed by atoms with van der Waals surface area (Å²) in [6, 6.07) is 10.8. The number of nitrogens with one attached hydrogen (secondary N) is 2. The van der Waals surface area contributed by atoms with Crippen LogP contribution in [-0.2, 0) is 17.8 Å². The third-order valence-electron chi connectivity index (χ3n) is 6.59. The molecule has 0 aliphatic carbocycles. The van der Waals surface area contributed by atoms with E-state index in [0.717, 1.165) is 77.2 Å². The highest BCUT2D eigenvalue weighted by Crippen LogP contribution is 2.30. The number of aromatic nitrogens is 2. The second-order valence-electron chi connectivity index (χ2n) is 8.92. The maximum Gasteiger partial charge on any atom is 0.232 e. The van der Waals surface area contributed by atoms with E-state index in [1.54, 1.807) is 0 Å². The van der Waals surface area contributed by atoms with Crippen molar-refractivity contribution in [2.45, 2.75) is 32.4 Å². The van der Waals surface area contributed by atoms with E-state index in [2.05, 4.69) is 55.7 Å². The standard InChI is InChI=1S/C24H33N7OS/c33-24(25-8-11-29-12-14-32-15-13-29)28-23-26-21(30-9-4-1-5-10-30)16-22(27-23)31-17-19-6-2-3-7-20(19)18-31/h2-3,6-7,16H,1,4-5,8-15,17-18H2,(H2,25,26,27,28,33). The number of morpholine rings is 1. The second-order valence-corrected chi connectivity index (χ2v) is 9.32. The number of piperidine rings is 1. The monoisotopic (exact) mass is 467 g/mol. The van der Waals surface area contributed by atoms with Gasteiger partial charge >= 0.3 is 0 Å². The molecule has 0 saturated carbocycles. The lowest BCUT2D eigenvalue weighted by molar-refractivity contribution is 0.0389. The van der Waals surface area contributed by atoms with E-state index in [1.807, 2.05) is 0 Å². The number of ether oxygens (including phenoxy) is 1. The normalized spacial score (nSPS) is 18.8. The van der Waals surface area contributed by atoms with Crippen molar-refractivity contribution < 1.29 is 4.74 Å². The zero-order valence-corrected chi connectivity index (χ0v) is 19.9. The van der Waals surface area contributed by atoms with Crippen molar-refractivity contribution >= 4 is 34.9 Å². The number of anilines is 3. The van der Waals surface area contributed by atoms with Gasteiger partial charge in [-0.3, -0.25) is 4.90 Å². The van der Waals surface area contributed by atoms with Crippen LogP contribution in [0.5, 0.6) is 0 Å². The van der Waals surface area contributed by atoms with Crippen LogP contribution in [0.15, 0.2) is 30.3 Å². The molecule has 0 atom stereocenters. The predicted molar refractivity (Wildman–Crippen MR) is 136 cm³/mol. The fourth-order valence-electron chi connectivity index (χ4n) is 4.72. The summed E-state index contributed by atoms with van der Waals surface area (Å²) in [6.07, 6.45) is 3.70. The highest BCUT2D eigenvalue weighted by Gasteiger charge is 2.23. The van der Waals surface area contributed by atoms with Gasteiger partial charge in [-0.25, -0.2) is 0 Å². The van der Waals surface area contributed by atoms with Crippen LogP contribution in [0.1, 0.15) is 30.4 Å². The minimum atomic E-state index is 0.563. The highest BCUT2D eigenvalue weighted by molar-refractivity contribution is 7.80. The molecule has 0 amide bonds. The Morgan fingerprint density at radius 2 is 1.58 bits per heavy atom. The number of fused-ring (bicyclic) bond motifs is 1. The molecule has 9 heteroatoms. The Hall–Kier alpha value is -2.49. The number of benzene rings is 1. The number of hydrogen-bond acceptors (Lipinski definition) is 7. The Bertz CT molecular complexity index is 935. The molecule has 2 N–H and O–H groups in total. The van der Waals surface area contributed by atoms with Gasteiger partial charge in [-0.1, -0.05) is 24.3 Å². The van der Waals surface area contributed by atoms with Crippen LogP contribution < -0.4 is 20.4 Å². The van der Waals surface area contributed by atoms with Crippen molar-refractivity contribution in [2.75, 3.05) is 67.6 Å². The van der Waals surface area contributed by atoms with E-state index in [9.17, 15) is 0 Å². The molecule has 0 radical (unpaired) electrons. The summed E-state index contributed by atoms with van der Waals surface area (Å²) in [5.74, 6) is 2.49. The lowest BCUT2D eigenvalue weighted by atomic mass is 10.1. The Morgan fingerprint density at radius 3 is 2.27 bits per heavy atom. The number of hydrogen-bond donors (Lipinski definition) is 2. The Balaban J connectivity index is 1.27. The van der Waals surface area contributed by atoms with Gasteiger partial charge in [-0.05, 0) is 42.6 Å². The average molecular weight is 468 g/mol. The topological polar surface area (TPSA) is 68.8 Å². The molecule has 8 nitrogen and oxygen atoms in total. The molecule has 0 unspecified atom stereocenters. The summed E-state index contributed by atoms with van der Waals surface area (Å²) in [5.41, 5.74) is 2.73. The van der Waals surface area contributed by atoms with Crippen LogP contribution in [-0.4, -0.2) is 72.5 Å². The van der Waals surface area contributed by atoms with Crippen molar-refractivity contribution in [2.24, 2.45) is 0 Å². The Labute approximate surface area is 201 Å². The van der Waals surface area contributed by atoms with Crippen molar-refractivity contribution in [3.8, 4) is 0 Å². The van der Waals surface area contributed by atoms with Gasteiger partial charge in [-0.2, -0.15) is 9.97 Å². The first-order chi connectivity index (χ1) is 16.2. The van der Waals surface area contributed by atoms with Gasteiger partial charge in [0.15, 0.2) is 5.11 Å². The van der Waals surface area contributed by atoms with Crippen LogP contribution in [0.4, 0.5) is 17.6 Å². The molecular weight excluding hydrogens is 434 g/mol. The third kappa shape index (κ3) is 5.72. The first kappa shape index (κ1) is 22.3. The van der Waals surface area contributed by atoms with Crippen LogP contribution in [0.2, 0.25) is 0 Å². The molecule has 0 bridgehead atoms. The summed E-state index contributed by atoms with van der Waals surface area (Å²) >= 11 is 5.56. The summed E-state index contributed by atoms with van der Waals surface area (Å²) in [5, 5.41) is 7.12. The fourth-order valence-corrected chi connectivity index (χ4v) is 4.91. The average Bonchev–Trinajstić information content (AvgIpc) is 3.30. The predicted octanol–water partition coefficient (Wildman–Crippen LogP) is 2.61. The van der Waals surface area contributed by atoms with Gasteiger partial charge in [0.2, 0.25) is 5.95 Å². The van der Waals surface area contributed by atoms with E-state index >= 15 is 0 Å². The SMILES string of the molecule is S=C(NCCN1CCOCC1)Nc1nc(N2CCCCC2)cc(N2Cc3ccccc3C2)n1. The maximum atomic E-state index is 5.56. The van der Waals surface area contributed by atoms with Gasteiger partial charge in [-0.15, -0.1) is 0 Å². The summed E-state index contributed by atoms with van der Waals surface area (Å²) in [4.78, 5) is 16.8. The van der Waals surface area contributed by atoms with Gasteiger partial charge in [0.05, 0.1) is 13.2 Å². The minimum Gasteiger partial charge on any atom is -0.379 e. The van der Waals surface area contributed by atoms with Gasteiger partial charge in [0, 0.05) is 58.4 Å². The van der Waals surface area contributed by atoms with Gasteiger partial charge < -0.3 is 25.2 Å². The lowest BCUT2D eigenvalue weighted by Crippen LogP contribution is -2.42. The van der Waals surface area contributed by atoms with Crippen molar-refractivity contribution in [1.29, 1.82) is 0 Å². The molecule has 5 rings (SSSR count). The molecule has 0 spiro atoms. The zero-order valence-electron chi connectivity index (χ0n) is 19.1. The van der Waals surface area contributed by atoms with E-state index in [0.29, 0.717) is 11.1 Å². The third-order valence-corrected chi connectivity index (χ3v) is 6.83. The van der Waals surface area contributed by atoms with Crippen LogP contribution in [0.3, 0.4) is 0 Å². The largest absolute Gasteiger partial charge is 0.379 e. The van der Waals surface area contributed by atoms with Crippen LogP contribution in [0, 0.1) is 0 Å². The van der Waals surface area contributed by atoms with Crippen molar-refractivity contribution in [3.05, 3.63) is 41.5 Å². The van der Waals surface area contributed by atoms with E-state index in [1.165, 1.54) is 30.4 Å². The van der Waals surface area contributed by atoms with E-state index < -0.39 is 0 Å². The summed E-state index contributed by atoms with van der Waals surface area (Å²) in [7, 11) is 0. The summed E-state index contributed by atoms with van der Waals surface area (Å²) in [6.45, 7) is 9.11. The van der Waals surface area contributed by atoms with Crippen molar-refractivity contribution in [1.82, 2.24) is 20.2 Å². The van der Waals surface area contributed by atoms with E-state index in [4.69, 9.17) is 26.9 Å². The zero-order chi connectivity index (χ0) is 22.5. The number of nitrogens with zero attached hydrogens (tertiary/aromatic N) is 5. The fraction of sp³-hybridized carbons (Fsp3) is 0.542. The number of rotatable bonds is 6. The highest BCUT2D eigenvalue weighted by atomic mass is 32.1.